The zero-order valence-corrected chi connectivity index (χ0v) is 16.5. The summed E-state index contributed by atoms with van der Waals surface area (Å²) < 4.78 is 69.3. The molecule has 4 rings (SSSR count). The number of hydrogen-bond donors (Lipinski definition) is 1. The highest BCUT2D eigenvalue weighted by Gasteiger charge is 2.36. The van der Waals surface area contributed by atoms with Crippen LogP contribution in [0.2, 0.25) is 0 Å². The highest BCUT2D eigenvalue weighted by atomic mass is 32.2. The van der Waals surface area contributed by atoms with Crippen LogP contribution < -0.4 is 4.72 Å². The highest BCUT2D eigenvalue weighted by molar-refractivity contribution is 7.92. The van der Waals surface area contributed by atoms with Gasteiger partial charge in [0.2, 0.25) is 0 Å². The van der Waals surface area contributed by atoms with Gasteiger partial charge in [-0.3, -0.25) is 9.40 Å². The van der Waals surface area contributed by atoms with Crippen LogP contribution in [0.4, 0.5) is 18.9 Å². The van der Waals surface area contributed by atoms with E-state index in [-0.39, 0.29) is 16.3 Å². The Kier molecular flexibility index (Phi) is 4.53. The number of alkyl halides is 3. The van der Waals surface area contributed by atoms with E-state index in [0.717, 1.165) is 16.3 Å². The van der Waals surface area contributed by atoms with E-state index in [9.17, 15) is 21.6 Å². The molecule has 3 aromatic heterocycles. The summed E-state index contributed by atoms with van der Waals surface area (Å²) in [6.45, 7) is 1.29. The molecule has 156 valence electrons. The average molecular weight is 436 g/mol. The average Bonchev–Trinajstić information content (AvgIpc) is 3.25. The minimum absolute atomic E-state index is 0.0567. The number of aryl methyl sites for hydroxylation is 2. The third-order valence-electron chi connectivity index (χ3n) is 4.44. The zero-order chi connectivity index (χ0) is 21.7. The number of halogens is 3. The lowest BCUT2D eigenvalue weighted by molar-refractivity contribution is -0.141. The van der Waals surface area contributed by atoms with Crippen LogP contribution in [-0.2, 0) is 23.2 Å². The van der Waals surface area contributed by atoms with E-state index >= 15 is 0 Å². The predicted octanol–water partition coefficient (Wildman–Crippen LogP) is 3.28. The lowest BCUT2D eigenvalue weighted by atomic mass is 10.2. The highest BCUT2D eigenvalue weighted by Crippen LogP contribution is 2.31. The molecule has 0 saturated carbocycles. The Morgan fingerprint density at radius 2 is 1.87 bits per heavy atom. The summed E-state index contributed by atoms with van der Waals surface area (Å²) in [5, 5.41) is 8.38. The molecule has 0 unspecified atom stereocenters. The van der Waals surface area contributed by atoms with Crippen molar-refractivity contribution in [3.63, 3.8) is 0 Å². The smallest absolute Gasteiger partial charge is 0.277 e. The third kappa shape index (κ3) is 3.49. The third-order valence-corrected chi connectivity index (χ3v) is 5.79. The van der Waals surface area contributed by atoms with Crippen LogP contribution >= 0.6 is 0 Å². The SMILES string of the molecule is Cc1cn(-c2ccc(S(=O)(=O)Nc3cccc4cnn(C)c34)cn2)nc1C(F)(F)F. The van der Waals surface area contributed by atoms with Crippen LogP contribution in [0.3, 0.4) is 0 Å². The van der Waals surface area contributed by atoms with E-state index in [1.807, 2.05) is 0 Å². The molecule has 0 spiro atoms. The van der Waals surface area contributed by atoms with Crippen LogP contribution in [0.25, 0.3) is 16.7 Å². The topological polar surface area (TPSA) is 94.7 Å². The summed E-state index contributed by atoms with van der Waals surface area (Å²) in [4.78, 5) is 3.81. The van der Waals surface area contributed by atoms with Crippen molar-refractivity contribution in [2.24, 2.45) is 7.05 Å². The van der Waals surface area contributed by atoms with E-state index in [0.29, 0.717) is 11.2 Å². The van der Waals surface area contributed by atoms with Crippen molar-refractivity contribution in [2.45, 2.75) is 18.0 Å². The number of pyridine rings is 1. The molecule has 0 radical (unpaired) electrons. The fourth-order valence-electron chi connectivity index (χ4n) is 3.04. The van der Waals surface area contributed by atoms with E-state index in [2.05, 4.69) is 19.9 Å². The van der Waals surface area contributed by atoms with Crippen LogP contribution in [0.1, 0.15) is 11.3 Å². The number of fused-ring (bicyclic) bond motifs is 1. The Morgan fingerprint density at radius 3 is 2.50 bits per heavy atom. The molecule has 0 fully saturated rings. The Balaban J connectivity index is 1.64. The predicted molar refractivity (Wildman–Crippen MR) is 103 cm³/mol. The van der Waals surface area contributed by atoms with Gasteiger partial charge in [0, 0.05) is 30.4 Å². The first-order valence-electron chi connectivity index (χ1n) is 8.60. The minimum Gasteiger partial charge on any atom is -0.277 e. The number of hydrogen-bond acceptors (Lipinski definition) is 5. The summed E-state index contributed by atoms with van der Waals surface area (Å²) in [6, 6.07) is 7.64. The largest absolute Gasteiger partial charge is 0.435 e. The second-order valence-electron chi connectivity index (χ2n) is 6.57. The summed E-state index contributed by atoms with van der Waals surface area (Å²) in [5.74, 6) is 0.0567. The van der Waals surface area contributed by atoms with Crippen LogP contribution in [0.5, 0.6) is 0 Å². The van der Waals surface area contributed by atoms with Gasteiger partial charge in [0.1, 0.15) is 4.90 Å². The molecule has 0 amide bonds. The van der Waals surface area contributed by atoms with E-state index in [1.54, 1.807) is 36.1 Å². The lowest BCUT2D eigenvalue weighted by Gasteiger charge is -2.10. The number of rotatable bonds is 4. The molecule has 0 saturated heterocycles. The molecule has 0 aliphatic carbocycles. The zero-order valence-electron chi connectivity index (χ0n) is 15.7. The van der Waals surface area contributed by atoms with Crippen molar-refractivity contribution in [1.82, 2.24) is 24.5 Å². The molecular weight excluding hydrogens is 421 g/mol. The van der Waals surface area contributed by atoms with Gasteiger partial charge in [-0.05, 0) is 25.1 Å². The van der Waals surface area contributed by atoms with Gasteiger partial charge in [0.25, 0.3) is 10.0 Å². The van der Waals surface area contributed by atoms with Gasteiger partial charge in [-0.15, -0.1) is 0 Å². The molecule has 3 heterocycles. The van der Waals surface area contributed by atoms with Crippen molar-refractivity contribution in [3.8, 4) is 5.82 Å². The maximum atomic E-state index is 12.9. The lowest BCUT2D eigenvalue weighted by Crippen LogP contribution is -2.14. The van der Waals surface area contributed by atoms with Gasteiger partial charge in [-0.1, -0.05) is 12.1 Å². The molecule has 30 heavy (non-hydrogen) atoms. The quantitative estimate of drug-likeness (QED) is 0.530. The first-order valence-corrected chi connectivity index (χ1v) is 10.1. The molecule has 1 N–H and O–H groups in total. The van der Waals surface area contributed by atoms with Crippen molar-refractivity contribution < 1.29 is 21.6 Å². The number of para-hydroxylation sites is 1. The maximum absolute atomic E-state index is 12.9. The number of sulfonamides is 1. The standard InChI is InChI=1S/C18H15F3N6O2S/c1-11-10-27(24-17(11)18(19,20)21)15-7-6-13(9-22-15)30(28,29)25-14-5-3-4-12-8-23-26(2)16(12)14/h3-10,25H,1-2H3. The normalized spacial score (nSPS) is 12.4. The van der Waals surface area contributed by atoms with Crippen LogP contribution in [0, 0.1) is 6.92 Å². The number of nitrogens with one attached hydrogen (secondary N) is 1. The molecule has 0 atom stereocenters. The van der Waals surface area contributed by atoms with E-state index < -0.39 is 21.9 Å². The van der Waals surface area contributed by atoms with E-state index in [4.69, 9.17) is 0 Å². The fourth-order valence-corrected chi connectivity index (χ4v) is 4.05. The Hall–Kier alpha value is -3.41. The number of nitrogens with zero attached hydrogens (tertiary/aromatic N) is 5. The minimum atomic E-state index is -4.59. The van der Waals surface area contributed by atoms with Crippen molar-refractivity contribution in [3.05, 3.63) is 60.2 Å². The summed E-state index contributed by atoms with van der Waals surface area (Å²) in [6.07, 6.45) is -0.730. The summed E-state index contributed by atoms with van der Waals surface area (Å²) in [5.41, 5.74) is -0.134. The molecule has 0 aliphatic heterocycles. The summed E-state index contributed by atoms with van der Waals surface area (Å²) >= 11 is 0. The Morgan fingerprint density at radius 1 is 1.10 bits per heavy atom. The van der Waals surface area contributed by atoms with Crippen LogP contribution in [-0.4, -0.2) is 33.0 Å². The second-order valence-corrected chi connectivity index (χ2v) is 8.25. The molecule has 8 nitrogen and oxygen atoms in total. The van der Waals surface area contributed by atoms with Crippen molar-refractivity contribution in [1.29, 1.82) is 0 Å². The molecule has 0 bridgehead atoms. The fraction of sp³-hybridized carbons (Fsp3) is 0.167. The van der Waals surface area contributed by atoms with Gasteiger partial charge >= 0.3 is 6.18 Å². The first kappa shape index (κ1) is 19.9. The number of benzene rings is 1. The van der Waals surface area contributed by atoms with Gasteiger partial charge in [0.15, 0.2) is 11.5 Å². The molecule has 0 aliphatic rings. The van der Waals surface area contributed by atoms with Crippen molar-refractivity contribution >= 4 is 26.6 Å². The van der Waals surface area contributed by atoms with Crippen LogP contribution in [0.15, 0.2) is 53.8 Å². The Bertz CT molecular complexity index is 1340. The van der Waals surface area contributed by atoms with Gasteiger partial charge < -0.3 is 0 Å². The number of anilines is 1. The maximum Gasteiger partial charge on any atom is 0.435 e. The molecule has 4 aromatic rings. The van der Waals surface area contributed by atoms with E-state index in [1.165, 1.54) is 25.3 Å². The molecule has 1 aromatic carbocycles. The number of aromatic nitrogens is 5. The molecular formula is C18H15F3N6O2S. The van der Waals surface area contributed by atoms with Gasteiger partial charge in [-0.25, -0.2) is 18.1 Å². The Labute approximate surface area is 169 Å². The molecule has 12 heteroatoms. The monoisotopic (exact) mass is 436 g/mol. The van der Waals surface area contributed by atoms with Gasteiger partial charge in [0.05, 0.1) is 17.4 Å². The first-order chi connectivity index (χ1) is 14.1. The summed E-state index contributed by atoms with van der Waals surface area (Å²) in [7, 11) is -2.30. The van der Waals surface area contributed by atoms with Crippen molar-refractivity contribution in [2.75, 3.05) is 4.72 Å². The van der Waals surface area contributed by atoms with Gasteiger partial charge in [-0.2, -0.15) is 23.4 Å². The second kappa shape index (κ2) is 6.83.